The van der Waals surface area contributed by atoms with E-state index in [0.29, 0.717) is 0 Å². The minimum Gasteiger partial charge on any atom is -0.497 e. The standard InChI is InChI=1S/C25H22N2O2/c1-17-22(16-24(28)27-19-12-14-20(29-2)15-13-19)25(18-8-4-3-5-9-18)21-10-6-7-11-23(21)26-17/h3-15H,16H2,1-2H3,(H,27,28). The molecule has 1 N–H and O–H groups in total. The van der Waals surface area contributed by atoms with E-state index in [4.69, 9.17) is 9.72 Å². The largest absolute Gasteiger partial charge is 0.497 e. The van der Waals surface area contributed by atoms with Crippen LogP contribution in [0, 0.1) is 6.92 Å². The molecule has 0 atom stereocenters. The summed E-state index contributed by atoms with van der Waals surface area (Å²) in [7, 11) is 1.62. The summed E-state index contributed by atoms with van der Waals surface area (Å²) in [6, 6.07) is 25.6. The van der Waals surface area contributed by atoms with Gasteiger partial charge in [-0.15, -0.1) is 0 Å². The van der Waals surface area contributed by atoms with Crippen LogP contribution in [-0.2, 0) is 11.2 Å². The van der Waals surface area contributed by atoms with Gasteiger partial charge in [-0.1, -0.05) is 48.5 Å². The molecule has 0 radical (unpaired) electrons. The minimum atomic E-state index is -0.0764. The van der Waals surface area contributed by atoms with Crippen molar-refractivity contribution in [3.63, 3.8) is 0 Å². The van der Waals surface area contributed by atoms with Crippen LogP contribution in [0.25, 0.3) is 22.0 Å². The lowest BCUT2D eigenvalue weighted by atomic mass is 9.92. The number of methoxy groups -OCH3 is 1. The lowest BCUT2D eigenvalue weighted by Gasteiger charge is -2.16. The van der Waals surface area contributed by atoms with E-state index >= 15 is 0 Å². The van der Waals surface area contributed by atoms with E-state index in [1.807, 2.05) is 67.6 Å². The molecule has 0 aliphatic heterocycles. The normalized spacial score (nSPS) is 10.7. The average molecular weight is 382 g/mol. The summed E-state index contributed by atoms with van der Waals surface area (Å²) in [6.07, 6.45) is 0.250. The van der Waals surface area contributed by atoms with Gasteiger partial charge in [0.25, 0.3) is 0 Å². The molecule has 4 aromatic rings. The zero-order valence-corrected chi connectivity index (χ0v) is 16.5. The third kappa shape index (κ3) is 3.97. The molecule has 0 saturated carbocycles. The van der Waals surface area contributed by atoms with Gasteiger partial charge in [-0.3, -0.25) is 9.78 Å². The van der Waals surface area contributed by atoms with Gasteiger partial charge in [0.05, 0.1) is 19.0 Å². The number of aryl methyl sites for hydroxylation is 1. The van der Waals surface area contributed by atoms with Gasteiger partial charge < -0.3 is 10.1 Å². The lowest BCUT2D eigenvalue weighted by Crippen LogP contribution is -2.16. The summed E-state index contributed by atoms with van der Waals surface area (Å²) in [6.45, 7) is 1.97. The Morgan fingerprint density at radius 1 is 0.931 bits per heavy atom. The summed E-state index contributed by atoms with van der Waals surface area (Å²) >= 11 is 0. The number of hydrogen-bond donors (Lipinski definition) is 1. The van der Waals surface area contributed by atoms with Crippen LogP contribution < -0.4 is 10.1 Å². The van der Waals surface area contributed by atoms with Crippen molar-refractivity contribution < 1.29 is 9.53 Å². The molecule has 144 valence electrons. The average Bonchev–Trinajstić information content (AvgIpc) is 2.75. The lowest BCUT2D eigenvalue weighted by molar-refractivity contribution is -0.115. The Hall–Kier alpha value is -3.66. The number of hydrogen-bond acceptors (Lipinski definition) is 3. The Bertz CT molecular complexity index is 1150. The van der Waals surface area contributed by atoms with Gasteiger partial charge in [-0.2, -0.15) is 0 Å². The van der Waals surface area contributed by atoms with Crippen LogP contribution in [0.15, 0.2) is 78.9 Å². The van der Waals surface area contributed by atoms with Gasteiger partial charge in [0.2, 0.25) is 5.91 Å². The van der Waals surface area contributed by atoms with Crippen LogP contribution in [0.1, 0.15) is 11.3 Å². The van der Waals surface area contributed by atoms with Crippen molar-refractivity contribution >= 4 is 22.5 Å². The number of amides is 1. The van der Waals surface area contributed by atoms with Crippen molar-refractivity contribution in [2.24, 2.45) is 0 Å². The number of anilines is 1. The SMILES string of the molecule is COc1ccc(NC(=O)Cc2c(C)nc3ccccc3c2-c2ccccc2)cc1. The molecule has 0 saturated heterocycles. The van der Waals surface area contributed by atoms with E-state index < -0.39 is 0 Å². The van der Waals surface area contributed by atoms with Crippen molar-refractivity contribution in [1.82, 2.24) is 4.98 Å². The molecular formula is C25H22N2O2. The van der Waals surface area contributed by atoms with Crippen LogP contribution >= 0.6 is 0 Å². The van der Waals surface area contributed by atoms with Crippen molar-refractivity contribution in [3.8, 4) is 16.9 Å². The first-order chi connectivity index (χ1) is 14.2. The molecular weight excluding hydrogens is 360 g/mol. The first kappa shape index (κ1) is 18.7. The maximum Gasteiger partial charge on any atom is 0.228 e. The Labute approximate surface area is 170 Å². The number of fused-ring (bicyclic) bond motifs is 1. The fraction of sp³-hybridized carbons (Fsp3) is 0.120. The number of benzene rings is 3. The Kier molecular flexibility index (Phi) is 5.25. The number of ether oxygens (including phenoxy) is 1. The quantitative estimate of drug-likeness (QED) is 0.503. The monoisotopic (exact) mass is 382 g/mol. The zero-order valence-electron chi connectivity index (χ0n) is 16.5. The predicted octanol–water partition coefficient (Wildman–Crippen LogP) is 5.40. The molecule has 1 heterocycles. The fourth-order valence-corrected chi connectivity index (χ4v) is 3.57. The van der Waals surface area contributed by atoms with Gasteiger partial charge in [0.1, 0.15) is 5.75 Å². The van der Waals surface area contributed by atoms with Crippen LogP contribution in [-0.4, -0.2) is 18.0 Å². The maximum atomic E-state index is 12.8. The topological polar surface area (TPSA) is 51.2 Å². The number of pyridine rings is 1. The summed E-state index contributed by atoms with van der Waals surface area (Å²) in [5.74, 6) is 0.677. The highest BCUT2D eigenvalue weighted by atomic mass is 16.5. The van der Waals surface area contributed by atoms with Gasteiger partial charge in [-0.05, 0) is 53.9 Å². The Morgan fingerprint density at radius 3 is 2.34 bits per heavy atom. The van der Waals surface area contributed by atoms with Crippen molar-refractivity contribution in [3.05, 3.63) is 90.1 Å². The highest BCUT2D eigenvalue weighted by molar-refractivity contribution is 6.00. The first-order valence-corrected chi connectivity index (χ1v) is 9.53. The van der Waals surface area contributed by atoms with Crippen molar-refractivity contribution in [2.45, 2.75) is 13.3 Å². The fourth-order valence-electron chi connectivity index (χ4n) is 3.57. The summed E-state index contributed by atoms with van der Waals surface area (Å²) in [5, 5.41) is 4.03. The van der Waals surface area contributed by atoms with Crippen LogP contribution in [0.5, 0.6) is 5.75 Å². The van der Waals surface area contributed by atoms with Crippen molar-refractivity contribution in [1.29, 1.82) is 0 Å². The smallest absolute Gasteiger partial charge is 0.228 e. The number of para-hydroxylation sites is 1. The minimum absolute atomic E-state index is 0.0764. The maximum absolute atomic E-state index is 12.8. The van der Waals surface area contributed by atoms with Crippen LogP contribution in [0.3, 0.4) is 0 Å². The summed E-state index contributed by atoms with van der Waals surface area (Å²) in [4.78, 5) is 17.6. The van der Waals surface area contributed by atoms with Gasteiger partial charge in [0, 0.05) is 16.8 Å². The molecule has 3 aromatic carbocycles. The molecule has 4 nitrogen and oxygen atoms in total. The second-order valence-electron chi connectivity index (χ2n) is 6.89. The van der Waals surface area contributed by atoms with E-state index in [1.54, 1.807) is 7.11 Å². The van der Waals surface area contributed by atoms with E-state index in [1.165, 1.54) is 0 Å². The molecule has 0 unspecified atom stereocenters. The molecule has 0 spiro atoms. The number of rotatable bonds is 5. The number of nitrogens with one attached hydrogen (secondary N) is 1. The Morgan fingerprint density at radius 2 is 1.62 bits per heavy atom. The number of carbonyl (C=O) groups is 1. The van der Waals surface area contributed by atoms with Gasteiger partial charge in [-0.25, -0.2) is 0 Å². The molecule has 0 aliphatic carbocycles. The van der Waals surface area contributed by atoms with Crippen LogP contribution in [0.4, 0.5) is 5.69 Å². The van der Waals surface area contributed by atoms with E-state index in [2.05, 4.69) is 23.5 Å². The van der Waals surface area contributed by atoms with Crippen molar-refractivity contribution in [2.75, 3.05) is 12.4 Å². The van der Waals surface area contributed by atoms with E-state index in [0.717, 1.165) is 44.7 Å². The molecule has 4 rings (SSSR count). The Balaban J connectivity index is 1.72. The molecule has 0 fully saturated rings. The molecule has 1 aromatic heterocycles. The number of aromatic nitrogens is 1. The van der Waals surface area contributed by atoms with Crippen LogP contribution in [0.2, 0.25) is 0 Å². The third-order valence-electron chi connectivity index (χ3n) is 4.97. The third-order valence-corrected chi connectivity index (χ3v) is 4.97. The van der Waals surface area contributed by atoms with Gasteiger partial charge >= 0.3 is 0 Å². The van der Waals surface area contributed by atoms with Gasteiger partial charge in [0.15, 0.2) is 0 Å². The summed E-state index contributed by atoms with van der Waals surface area (Å²) in [5.41, 5.74) is 5.64. The first-order valence-electron chi connectivity index (χ1n) is 9.53. The summed E-state index contributed by atoms with van der Waals surface area (Å²) < 4.78 is 5.17. The van der Waals surface area contributed by atoms with E-state index in [-0.39, 0.29) is 12.3 Å². The van der Waals surface area contributed by atoms with E-state index in [9.17, 15) is 4.79 Å². The zero-order chi connectivity index (χ0) is 20.2. The molecule has 0 aliphatic rings. The second-order valence-corrected chi connectivity index (χ2v) is 6.89. The molecule has 0 bridgehead atoms. The highest BCUT2D eigenvalue weighted by Crippen LogP contribution is 2.33. The molecule has 29 heavy (non-hydrogen) atoms. The number of carbonyl (C=O) groups excluding carboxylic acids is 1. The predicted molar refractivity (Wildman–Crippen MR) is 117 cm³/mol. The molecule has 1 amide bonds. The molecule has 4 heteroatoms. The highest BCUT2D eigenvalue weighted by Gasteiger charge is 2.17. The second kappa shape index (κ2) is 8.15. The number of nitrogens with zero attached hydrogens (tertiary/aromatic N) is 1.